The van der Waals surface area contributed by atoms with Crippen LogP contribution in [0.15, 0.2) is 18.2 Å². The average Bonchev–Trinajstić information content (AvgIpc) is 2.67. The van der Waals surface area contributed by atoms with Crippen molar-refractivity contribution in [3.05, 3.63) is 29.3 Å². The van der Waals surface area contributed by atoms with Crippen molar-refractivity contribution in [2.24, 2.45) is 0 Å². The van der Waals surface area contributed by atoms with Crippen molar-refractivity contribution in [3.63, 3.8) is 0 Å². The Morgan fingerprint density at radius 1 is 1.32 bits per heavy atom. The molecular weight excluding hydrogens is 234 g/mol. The second kappa shape index (κ2) is 5.96. The largest absolute Gasteiger partial charge is 0.487 e. The highest BCUT2D eigenvalue weighted by molar-refractivity contribution is 5.41. The lowest BCUT2D eigenvalue weighted by Gasteiger charge is -2.16. The third-order valence-corrected chi connectivity index (χ3v) is 3.85. The molecule has 0 amide bonds. The monoisotopic (exact) mass is 261 g/mol. The Balaban J connectivity index is 1.96. The molecule has 2 rings (SSSR count). The highest BCUT2D eigenvalue weighted by atomic mass is 16.5. The Morgan fingerprint density at radius 2 is 2.11 bits per heavy atom. The van der Waals surface area contributed by atoms with Crippen LogP contribution < -0.4 is 10.1 Å². The van der Waals surface area contributed by atoms with Crippen molar-refractivity contribution in [1.82, 2.24) is 5.32 Å². The van der Waals surface area contributed by atoms with Gasteiger partial charge in [0.25, 0.3) is 0 Å². The Hall–Kier alpha value is -1.02. The van der Waals surface area contributed by atoms with Crippen molar-refractivity contribution in [3.8, 4) is 5.75 Å². The van der Waals surface area contributed by atoms with E-state index in [0.29, 0.717) is 6.04 Å². The molecule has 19 heavy (non-hydrogen) atoms. The molecule has 0 spiro atoms. The van der Waals surface area contributed by atoms with Crippen LogP contribution in [0.2, 0.25) is 0 Å². The van der Waals surface area contributed by atoms with Gasteiger partial charge in [-0.1, -0.05) is 32.4 Å². The second-order valence-corrected chi connectivity index (χ2v) is 6.26. The minimum atomic E-state index is -0.0391. The van der Waals surface area contributed by atoms with E-state index in [1.807, 2.05) is 0 Å². The minimum absolute atomic E-state index is 0.0391. The van der Waals surface area contributed by atoms with Crippen molar-refractivity contribution in [2.75, 3.05) is 0 Å². The summed E-state index contributed by atoms with van der Waals surface area (Å²) in [5, 5.41) is 3.66. The van der Waals surface area contributed by atoms with Gasteiger partial charge in [-0.25, -0.2) is 0 Å². The van der Waals surface area contributed by atoms with E-state index in [2.05, 4.69) is 51.2 Å². The van der Waals surface area contributed by atoms with E-state index in [1.54, 1.807) is 0 Å². The highest BCUT2D eigenvalue weighted by Crippen LogP contribution is 2.35. The number of ether oxygens (including phenoxy) is 1. The molecule has 1 aromatic rings. The van der Waals surface area contributed by atoms with Crippen LogP contribution in [0.1, 0.15) is 58.1 Å². The van der Waals surface area contributed by atoms with Crippen molar-refractivity contribution in [2.45, 2.75) is 71.6 Å². The van der Waals surface area contributed by atoms with Crippen LogP contribution in [0.4, 0.5) is 0 Å². The first-order valence-electron chi connectivity index (χ1n) is 7.58. The van der Waals surface area contributed by atoms with Crippen molar-refractivity contribution >= 4 is 0 Å². The summed E-state index contributed by atoms with van der Waals surface area (Å²) in [4.78, 5) is 0. The first kappa shape index (κ1) is 14.4. The van der Waals surface area contributed by atoms with E-state index in [-0.39, 0.29) is 5.60 Å². The van der Waals surface area contributed by atoms with Gasteiger partial charge in [0, 0.05) is 19.0 Å². The number of rotatable bonds is 6. The molecule has 1 aliphatic heterocycles. The molecule has 0 aliphatic carbocycles. The molecule has 1 heterocycles. The van der Waals surface area contributed by atoms with Crippen LogP contribution >= 0.6 is 0 Å². The number of nitrogens with one attached hydrogen (secondary N) is 1. The predicted octanol–water partition coefficient (Wildman–Crippen LogP) is 4.07. The quantitative estimate of drug-likeness (QED) is 0.833. The van der Waals surface area contributed by atoms with E-state index in [0.717, 1.165) is 18.7 Å². The Bertz CT molecular complexity index is 425. The highest BCUT2D eigenvalue weighted by Gasteiger charge is 2.29. The third kappa shape index (κ3) is 3.73. The topological polar surface area (TPSA) is 21.3 Å². The molecule has 106 valence electrons. The summed E-state index contributed by atoms with van der Waals surface area (Å²) in [5.74, 6) is 1.06. The average molecular weight is 261 g/mol. The molecule has 0 fully saturated rings. The second-order valence-electron chi connectivity index (χ2n) is 6.26. The molecule has 0 aromatic heterocycles. The maximum Gasteiger partial charge on any atom is 0.123 e. The molecule has 2 heteroatoms. The first-order chi connectivity index (χ1) is 9.04. The summed E-state index contributed by atoms with van der Waals surface area (Å²) in [6.45, 7) is 9.77. The molecular formula is C17H27NO. The molecule has 1 unspecified atom stereocenters. The number of benzene rings is 1. The smallest absolute Gasteiger partial charge is 0.123 e. The van der Waals surface area contributed by atoms with Gasteiger partial charge in [-0.3, -0.25) is 0 Å². The third-order valence-electron chi connectivity index (χ3n) is 3.85. The minimum Gasteiger partial charge on any atom is -0.487 e. The van der Waals surface area contributed by atoms with Gasteiger partial charge in [0.15, 0.2) is 0 Å². The zero-order valence-corrected chi connectivity index (χ0v) is 12.8. The maximum atomic E-state index is 5.91. The number of hydrogen-bond donors (Lipinski definition) is 1. The Kier molecular flexibility index (Phi) is 4.51. The molecule has 0 saturated heterocycles. The predicted molar refractivity (Wildman–Crippen MR) is 80.7 cm³/mol. The van der Waals surface area contributed by atoms with E-state index in [9.17, 15) is 0 Å². The van der Waals surface area contributed by atoms with Crippen LogP contribution in [0.25, 0.3) is 0 Å². The van der Waals surface area contributed by atoms with Gasteiger partial charge in [-0.15, -0.1) is 0 Å². The lowest BCUT2D eigenvalue weighted by Crippen LogP contribution is -2.27. The first-order valence-corrected chi connectivity index (χ1v) is 7.58. The van der Waals surface area contributed by atoms with Gasteiger partial charge in [0.2, 0.25) is 0 Å². The maximum absolute atomic E-state index is 5.91. The summed E-state index contributed by atoms with van der Waals surface area (Å²) < 4.78 is 5.91. The van der Waals surface area contributed by atoms with E-state index in [1.165, 1.54) is 30.4 Å². The summed E-state index contributed by atoms with van der Waals surface area (Å²) in [5.41, 5.74) is 2.69. The normalized spacial score (nSPS) is 17.9. The lowest BCUT2D eigenvalue weighted by atomic mass is 10.00. The van der Waals surface area contributed by atoms with Gasteiger partial charge in [0.05, 0.1) is 0 Å². The molecule has 0 radical (unpaired) electrons. The molecule has 0 bridgehead atoms. The van der Waals surface area contributed by atoms with E-state index in [4.69, 9.17) is 4.74 Å². The number of fused-ring (bicyclic) bond motifs is 1. The number of hydrogen-bond acceptors (Lipinski definition) is 2. The molecule has 1 atom stereocenters. The van der Waals surface area contributed by atoms with Gasteiger partial charge in [-0.2, -0.15) is 0 Å². The molecule has 0 saturated carbocycles. The molecule has 2 nitrogen and oxygen atoms in total. The van der Waals surface area contributed by atoms with Crippen LogP contribution in [-0.4, -0.2) is 11.6 Å². The van der Waals surface area contributed by atoms with Gasteiger partial charge < -0.3 is 10.1 Å². The lowest BCUT2D eigenvalue weighted by molar-refractivity contribution is 0.138. The van der Waals surface area contributed by atoms with Gasteiger partial charge in [0.1, 0.15) is 11.4 Å². The van der Waals surface area contributed by atoms with Crippen molar-refractivity contribution in [1.29, 1.82) is 0 Å². The molecule has 1 aromatic carbocycles. The molecule has 1 aliphatic rings. The summed E-state index contributed by atoms with van der Waals surface area (Å²) in [6.07, 6.45) is 4.73. The molecule has 1 N–H and O–H groups in total. The van der Waals surface area contributed by atoms with E-state index >= 15 is 0 Å². The Morgan fingerprint density at radius 3 is 2.79 bits per heavy atom. The van der Waals surface area contributed by atoms with Crippen LogP contribution in [0.5, 0.6) is 5.75 Å². The Labute approximate surface area is 117 Å². The summed E-state index contributed by atoms with van der Waals surface area (Å²) in [7, 11) is 0. The zero-order chi connectivity index (χ0) is 13.9. The van der Waals surface area contributed by atoms with Gasteiger partial charge in [-0.05, 0) is 43.9 Å². The SMILES string of the molecule is CCCC(CC)NCc1ccc2c(c1)CC(C)(C)O2. The van der Waals surface area contributed by atoms with Gasteiger partial charge >= 0.3 is 0 Å². The summed E-state index contributed by atoms with van der Waals surface area (Å²) >= 11 is 0. The fourth-order valence-corrected chi connectivity index (χ4v) is 2.83. The van der Waals surface area contributed by atoms with Crippen LogP contribution in [0.3, 0.4) is 0 Å². The van der Waals surface area contributed by atoms with Crippen LogP contribution in [-0.2, 0) is 13.0 Å². The fourth-order valence-electron chi connectivity index (χ4n) is 2.83. The zero-order valence-electron chi connectivity index (χ0n) is 12.8. The summed E-state index contributed by atoms with van der Waals surface area (Å²) in [6, 6.07) is 7.26. The fraction of sp³-hybridized carbons (Fsp3) is 0.647. The van der Waals surface area contributed by atoms with Crippen LogP contribution in [0, 0.1) is 0 Å². The van der Waals surface area contributed by atoms with Crippen molar-refractivity contribution < 1.29 is 4.74 Å². The standard InChI is InChI=1S/C17H27NO/c1-5-7-15(6-2)18-12-13-8-9-16-14(10-13)11-17(3,4)19-16/h8-10,15,18H,5-7,11-12H2,1-4H3. The van der Waals surface area contributed by atoms with E-state index < -0.39 is 0 Å².